The van der Waals surface area contributed by atoms with Gasteiger partial charge in [0.25, 0.3) is 5.91 Å². The number of carbonyl (C=O) groups is 1. The lowest BCUT2D eigenvalue weighted by molar-refractivity contribution is 0.101. The molecular formula is C14H12N6O. The quantitative estimate of drug-likeness (QED) is 0.786. The number of aryl methyl sites for hydroxylation is 1. The molecule has 0 atom stereocenters. The molecule has 0 unspecified atom stereocenters. The molecule has 0 aromatic carbocycles. The monoisotopic (exact) mass is 280 g/mol. The minimum atomic E-state index is -0.260. The van der Waals surface area contributed by atoms with Gasteiger partial charge in [-0.25, -0.2) is 15.0 Å². The Bertz CT molecular complexity index is 751. The molecule has 0 saturated heterocycles. The van der Waals surface area contributed by atoms with Gasteiger partial charge in [-0.15, -0.1) is 0 Å². The van der Waals surface area contributed by atoms with Crippen molar-refractivity contribution in [2.24, 2.45) is 7.05 Å². The highest BCUT2D eigenvalue weighted by Crippen LogP contribution is 2.12. The van der Waals surface area contributed by atoms with E-state index in [1.54, 1.807) is 36.5 Å². The second-order valence-corrected chi connectivity index (χ2v) is 4.35. The van der Waals surface area contributed by atoms with Crippen molar-refractivity contribution in [1.82, 2.24) is 24.5 Å². The van der Waals surface area contributed by atoms with E-state index in [-0.39, 0.29) is 5.91 Å². The second kappa shape index (κ2) is 5.49. The van der Waals surface area contributed by atoms with Crippen LogP contribution in [-0.4, -0.2) is 30.4 Å². The molecule has 7 heteroatoms. The Kier molecular flexibility index (Phi) is 3.38. The molecule has 0 aliphatic rings. The first-order valence-electron chi connectivity index (χ1n) is 6.25. The molecule has 0 aliphatic carbocycles. The van der Waals surface area contributed by atoms with Crippen LogP contribution in [0.3, 0.4) is 0 Å². The van der Waals surface area contributed by atoms with E-state index in [2.05, 4.69) is 25.3 Å². The molecule has 21 heavy (non-hydrogen) atoms. The van der Waals surface area contributed by atoms with Gasteiger partial charge in [0.05, 0.1) is 30.6 Å². The van der Waals surface area contributed by atoms with Gasteiger partial charge in [-0.05, 0) is 12.1 Å². The zero-order chi connectivity index (χ0) is 14.7. The Labute approximate surface area is 120 Å². The fraction of sp³-hybridized carbons (Fsp3) is 0.0714. The number of carbonyl (C=O) groups excluding carboxylic acids is 1. The van der Waals surface area contributed by atoms with Gasteiger partial charge in [0, 0.05) is 13.2 Å². The smallest absolute Gasteiger partial charge is 0.274 e. The Hall–Kier alpha value is -3.09. The van der Waals surface area contributed by atoms with Crippen molar-refractivity contribution in [1.29, 1.82) is 0 Å². The molecule has 3 aromatic heterocycles. The maximum atomic E-state index is 12.0. The van der Waals surface area contributed by atoms with Crippen molar-refractivity contribution in [3.63, 3.8) is 0 Å². The molecule has 1 amide bonds. The maximum absolute atomic E-state index is 12.0. The summed E-state index contributed by atoms with van der Waals surface area (Å²) in [5.74, 6) is 0.248. The van der Waals surface area contributed by atoms with Crippen molar-refractivity contribution in [2.45, 2.75) is 0 Å². The first kappa shape index (κ1) is 12.9. The van der Waals surface area contributed by atoms with Crippen LogP contribution >= 0.6 is 0 Å². The Morgan fingerprint density at radius 3 is 2.57 bits per heavy atom. The summed E-state index contributed by atoms with van der Waals surface area (Å²) in [7, 11) is 1.75. The minimum Gasteiger partial charge on any atom is -0.330 e. The third-order valence-corrected chi connectivity index (χ3v) is 2.85. The molecular weight excluding hydrogens is 268 g/mol. The number of nitrogens with zero attached hydrogens (tertiary/aromatic N) is 5. The fourth-order valence-corrected chi connectivity index (χ4v) is 1.79. The standard InChI is InChI=1S/C14H12N6O/c1-20-9-15-8-12(20)14(21)19-10-6-17-13(18-7-10)11-4-2-3-5-16-11/h2-9H,1H3,(H,19,21). The first-order chi connectivity index (χ1) is 10.2. The zero-order valence-electron chi connectivity index (χ0n) is 11.3. The SMILES string of the molecule is Cn1cncc1C(=O)Nc1cnc(-c2ccccn2)nc1. The molecule has 3 heterocycles. The van der Waals surface area contributed by atoms with E-state index in [9.17, 15) is 4.79 Å². The molecule has 0 aliphatic heterocycles. The largest absolute Gasteiger partial charge is 0.330 e. The van der Waals surface area contributed by atoms with Gasteiger partial charge in [0.2, 0.25) is 0 Å². The minimum absolute atomic E-state index is 0.260. The number of aromatic nitrogens is 5. The summed E-state index contributed by atoms with van der Waals surface area (Å²) in [6.45, 7) is 0. The van der Waals surface area contributed by atoms with E-state index in [0.29, 0.717) is 22.9 Å². The van der Waals surface area contributed by atoms with E-state index >= 15 is 0 Å². The van der Waals surface area contributed by atoms with Crippen LogP contribution in [0.5, 0.6) is 0 Å². The maximum Gasteiger partial charge on any atom is 0.274 e. The van der Waals surface area contributed by atoms with Gasteiger partial charge in [-0.1, -0.05) is 6.07 Å². The van der Waals surface area contributed by atoms with Crippen LogP contribution in [0, 0.1) is 0 Å². The summed E-state index contributed by atoms with van der Waals surface area (Å²) >= 11 is 0. The van der Waals surface area contributed by atoms with Gasteiger partial charge in [0.1, 0.15) is 11.4 Å². The molecule has 0 saturated carbocycles. The number of amides is 1. The van der Waals surface area contributed by atoms with E-state index in [0.717, 1.165) is 0 Å². The van der Waals surface area contributed by atoms with Crippen LogP contribution in [0.1, 0.15) is 10.5 Å². The lowest BCUT2D eigenvalue weighted by Gasteiger charge is -2.05. The molecule has 0 radical (unpaired) electrons. The van der Waals surface area contributed by atoms with E-state index in [1.165, 1.54) is 6.20 Å². The molecule has 3 aromatic rings. The highest BCUT2D eigenvalue weighted by Gasteiger charge is 2.10. The summed E-state index contributed by atoms with van der Waals surface area (Å²) < 4.78 is 1.64. The van der Waals surface area contributed by atoms with Crippen LogP contribution < -0.4 is 5.32 Å². The summed E-state index contributed by atoms with van der Waals surface area (Å²) in [6, 6.07) is 5.51. The van der Waals surface area contributed by atoms with E-state index < -0.39 is 0 Å². The fourth-order valence-electron chi connectivity index (χ4n) is 1.79. The van der Waals surface area contributed by atoms with Crippen molar-refractivity contribution in [3.05, 3.63) is 55.0 Å². The summed E-state index contributed by atoms with van der Waals surface area (Å²) in [6.07, 6.45) is 7.83. The lowest BCUT2D eigenvalue weighted by atomic mass is 10.3. The first-order valence-corrected chi connectivity index (χ1v) is 6.25. The Morgan fingerprint density at radius 1 is 1.14 bits per heavy atom. The van der Waals surface area contributed by atoms with Gasteiger partial charge in [-0.2, -0.15) is 0 Å². The summed E-state index contributed by atoms with van der Waals surface area (Å²) in [5.41, 5.74) is 1.66. The van der Waals surface area contributed by atoms with Gasteiger partial charge in [-0.3, -0.25) is 9.78 Å². The molecule has 3 rings (SSSR count). The zero-order valence-corrected chi connectivity index (χ0v) is 11.3. The van der Waals surface area contributed by atoms with E-state index in [1.807, 2.05) is 18.2 Å². The predicted octanol–water partition coefficient (Wildman–Crippen LogP) is 1.52. The van der Waals surface area contributed by atoms with Gasteiger partial charge in [0.15, 0.2) is 5.82 Å². The molecule has 0 bridgehead atoms. The van der Waals surface area contributed by atoms with Crippen LogP contribution in [0.2, 0.25) is 0 Å². The number of anilines is 1. The Morgan fingerprint density at radius 2 is 1.95 bits per heavy atom. The second-order valence-electron chi connectivity index (χ2n) is 4.35. The molecule has 0 spiro atoms. The van der Waals surface area contributed by atoms with Crippen LogP contribution in [0.15, 0.2) is 49.3 Å². The number of hydrogen-bond donors (Lipinski definition) is 1. The highest BCUT2D eigenvalue weighted by molar-refractivity contribution is 6.02. The average Bonchev–Trinajstić information content (AvgIpc) is 2.95. The molecule has 0 fully saturated rings. The number of pyridine rings is 1. The normalized spacial score (nSPS) is 10.3. The topological polar surface area (TPSA) is 85.6 Å². The Balaban J connectivity index is 1.76. The van der Waals surface area contributed by atoms with Crippen molar-refractivity contribution in [2.75, 3.05) is 5.32 Å². The van der Waals surface area contributed by atoms with Crippen LogP contribution in [0.4, 0.5) is 5.69 Å². The molecule has 1 N–H and O–H groups in total. The van der Waals surface area contributed by atoms with E-state index in [4.69, 9.17) is 0 Å². The summed E-state index contributed by atoms with van der Waals surface area (Å²) in [5, 5.41) is 2.72. The number of nitrogens with one attached hydrogen (secondary N) is 1. The molecule has 104 valence electrons. The average molecular weight is 280 g/mol. The lowest BCUT2D eigenvalue weighted by Crippen LogP contribution is -2.15. The third-order valence-electron chi connectivity index (χ3n) is 2.85. The van der Waals surface area contributed by atoms with Crippen LogP contribution in [-0.2, 0) is 7.05 Å². The van der Waals surface area contributed by atoms with Gasteiger partial charge >= 0.3 is 0 Å². The van der Waals surface area contributed by atoms with Gasteiger partial charge < -0.3 is 9.88 Å². The highest BCUT2D eigenvalue weighted by atomic mass is 16.2. The third kappa shape index (κ3) is 2.76. The van der Waals surface area contributed by atoms with Crippen molar-refractivity contribution >= 4 is 11.6 Å². The summed E-state index contributed by atoms with van der Waals surface area (Å²) in [4.78, 5) is 28.5. The predicted molar refractivity (Wildman–Crippen MR) is 76.4 cm³/mol. The number of imidazole rings is 1. The van der Waals surface area contributed by atoms with Crippen molar-refractivity contribution < 1.29 is 4.79 Å². The van der Waals surface area contributed by atoms with Crippen molar-refractivity contribution in [3.8, 4) is 11.5 Å². The number of rotatable bonds is 3. The van der Waals surface area contributed by atoms with Crippen LogP contribution in [0.25, 0.3) is 11.5 Å². The molecule has 7 nitrogen and oxygen atoms in total. The number of hydrogen-bond acceptors (Lipinski definition) is 5.